The summed E-state index contributed by atoms with van der Waals surface area (Å²) in [6.45, 7) is 4.36. The topological polar surface area (TPSA) is 52.1 Å². The van der Waals surface area contributed by atoms with Gasteiger partial charge in [-0.3, -0.25) is 0 Å². The van der Waals surface area contributed by atoms with E-state index in [-0.39, 0.29) is 5.97 Å². The average Bonchev–Trinajstić information content (AvgIpc) is 3.11. The van der Waals surface area contributed by atoms with Crippen LogP contribution in [0.4, 0.5) is 0 Å². The molecule has 0 bridgehead atoms. The minimum Gasteiger partial charge on any atom is -0.423 e. The lowest BCUT2D eigenvalue weighted by atomic mass is 10.2. The van der Waals surface area contributed by atoms with E-state index >= 15 is 0 Å². The van der Waals surface area contributed by atoms with Crippen molar-refractivity contribution < 1.29 is 9.53 Å². The monoisotopic (exact) mass is 372 g/mol. The number of carbonyl (C=O) groups excluding carboxylic acids is 1. The quantitative estimate of drug-likeness (QED) is 0.211. The van der Waals surface area contributed by atoms with Crippen molar-refractivity contribution >= 4 is 17.3 Å². The number of ether oxygens (including phenoxy) is 1. The summed E-state index contributed by atoms with van der Waals surface area (Å²) in [6.07, 6.45) is 12.4. The molecule has 140 valence electrons. The first-order chi connectivity index (χ1) is 12.7. The molecule has 5 heteroatoms. The van der Waals surface area contributed by atoms with E-state index in [9.17, 15) is 4.79 Å². The van der Waals surface area contributed by atoms with Crippen LogP contribution >= 0.6 is 11.3 Å². The molecule has 1 heterocycles. The first kappa shape index (κ1) is 20.3. The number of aryl methyl sites for hydroxylation is 1. The number of hydrogen-bond donors (Lipinski definition) is 0. The second kappa shape index (κ2) is 11.6. The zero-order valence-electron chi connectivity index (χ0n) is 15.7. The van der Waals surface area contributed by atoms with Crippen LogP contribution in [0.5, 0.6) is 5.75 Å². The van der Waals surface area contributed by atoms with Crippen LogP contribution in [0, 0.1) is 0 Å². The molecular weight excluding hydrogens is 344 g/mol. The fourth-order valence-electron chi connectivity index (χ4n) is 2.50. The molecule has 4 nitrogen and oxygen atoms in total. The van der Waals surface area contributed by atoms with Gasteiger partial charge in [0.05, 0.1) is 0 Å². The second-order valence-electron chi connectivity index (χ2n) is 6.30. The molecule has 0 radical (unpaired) electrons. The molecule has 0 fully saturated rings. The Labute approximate surface area is 160 Å². The predicted octanol–water partition coefficient (Wildman–Crippen LogP) is 5.98. The maximum atomic E-state index is 11.8. The number of rotatable bonds is 11. The summed E-state index contributed by atoms with van der Waals surface area (Å²) in [5, 5.41) is 10.5. The van der Waals surface area contributed by atoms with Gasteiger partial charge in [0, 0.05) is 18.1 Å². The van der Waals surface area contributed by atoms with Gasteiger partial charge in [-0.25, -0.2) is 4.79 Å². The lowest BCUT2D eigenvalue weighted by Gasteiger charge is -2.02. The molecule has 0 unspecified atom stereocenters. The number of benzene rings is 1. The summed E-state index contributed by atoms with van der Waals surface area (Å²) < 4.78 is 5.32. The maximum absolute atomic E-state index is 11.8. The van der Waals surface area contributed by atoms with Gasteiger partial charge in [-0.15, -0.1) is 10.2 Å². The van der Waals surface area contributed by atoms with E-state index in [1.165, 1.54) is 31.8 Å². The molecule has 0 saturated carbocycles. The Morgan fingerprint density at radius 3 is 2.50 bits per heavy atom. The van der Waals surface area contributed by atoms with Crippen molar-refractivity contribution in [2.24, 2.45) is 0 Å². The van der Waals surface area contributed by atoms with E-state index in [0.29, 0.717) is 5.75 Å². The van der Waals surface area contributed by atoms with Crippen LogP contribution in [0.25, 0.3) is 10.6 Å². The third-order valence-electron chi connectivity index (χ3n) is 4.01. The van der Waals surface area contributed by atoms with Gasteiger partial charge in [0.2, 0.25) is 0 Å². The lowest BCUT2D eigenvalue weighted by Crippen LogP contribution is -2.03. The largest absolute Gasteiger partial charge is 0.423 e. The van der Waals surface area contributed by atoms with Crippen molar-refractivity contribution in [2.75, 3.05) is 0 Å². The van der Waals surface area contributed by atoms with Crippen LogP contribution < -0.4 is 4.74 Å². The van der Waals surface area contributed by atoms with Crippen molar-refractivity contribution in [1.82, 2.24) is 10.2 Å². The highest BCUT2D eigenvalue weighted by Crippen LogP contribution is 2.26. The highest BCUT2D eigenvalue weighted by atomic mass is 32.1. The molecule has 1 aromatic heterocycles. The van der Waals surface area contributed by atoms with Crippen molar-refractivity contribution in [1.29, 1.82) is 0 Å². The molecule has 2 rings (SSSR count). The molecule has 0 N–H and O–H groups in total. The van der Waals surface area contributed by atoms with Crippen molar-refractivity contribution in [3.05, 3.63) is 41.4 Å². The Morgan fingerprint density at radius 1 is 1.04 bits per heavy atom. The Bertz CT molecular complexity index is 692. The zero-order chi connectivity index (χ0) is 18.6. The van der Waals surface area contributed by atoms with E-state index in [2.05, 4.69) is 24.0 Å². The van der Waals surface area contributed by atoms with Crippen LogP contribution in [0.2, 0.25) is 0 Å². The number of esters is 1. The predicted molar refractivity (Wildman–Crippen MR) is 107 cm³/mol. The standard InChI is InChI=1S/C21H28N2O2S/c1-3-5-7-8-10-12-20(24)25-18-15-13-17(14-16-18)21-23-22-19(26-21)11-9-6-4-2/h10,12-16H,3-9,11H2,1-2H3/b12-10+. The molecule has 0 aliphatic heterocycles. The number of aromatic nitrogens is 2. The van der Waals surface area contributed by atoms with Crippen molar-refractivity contribution in [3.63, 3.8) is 0 Å². The maximum Gasteiger partial charge on any atom is 0.335 e. The zero-order valence-corrected chi connectivity index (χ0v) is 16.6. The SMILES string of the molecule is CCCCC/C=C/C(=O)Oc1ccc(-c2nnc(CCCCC)s2)cc1. The minimum atomic E-state index is -0.330. The van der Waals surface area contributed by atoms with Gasteiger partial charge in [-0.2, -0.15) is 0 Å². The average molecular weight is 373 g/mol. The summed E-state index contributed by atoms with van der Waals surface area (Å²) in [5.41, 5.74) is 0.999. The number of unbranched alkanes of at least 4 members (excludes halogenated alkanes) is 5. The Balaban J connectivity index is 1.85. The Kier molecular flexibility index (Phi) is 9.04. The Hall–Kier alpha value is -2.01. The van der Waals surface area contributed by atoms with Crippen molar-refractivity contribution in [2.45, 2.75) is 65.2 Å². The minimum absolute atomic E-state index is 0.330. The van der Waals surface area contributed by atoms with Gasteiger partial charge in [-0.05, 0) is 43.5 Å². The van der Waals surface area contributed by atoms with Gasteiger partial charge < -0.3 is 4.74 Å². The third kappa shape index (κ3) is 7.08. The lowest BCUT2D eigenvalue weighted by molar-refractivity contribution is -0.129. The molecule has 0 aliphatic carbocycles. The molecule has 0 atom stereocenters. The third-order valence-corrected chi connectivity index (χ3v) is 5.04. The summed E-state index contributed by atoms with van der Waals surface area (Å²) in [4.78, 5) is 11.8. The van der Waals surface area contributed by atoms with E-state index < -0.39 is 0 Å². The summed E-state index contributed by atoms with van der Waals surface area (Å²) >= 11 is 1.63. The molecule has 0 amide bonds. The molecule has 1 aromatic carbocycles. The second-order valence-corrected chi connectivity index (χ2v) is 7.36. The highest BCUT2D eigenvalue weighted by molar-refractivity contribution is 7.14. The van der Waals surface area contributed by atoms with Gasteiger partial charge in [-0.1, -0.05) is 56.9 Å². The van der Waals surface area contributed by atoms with Crippen molar-refractivity contribution in [3.8, 4) is 16.3 Å². The van der Waals surface area contributed by atoms with E-state index in [1.807, 2.05) is 18.2 Å². The van der Waals surface area contributed by atoms with E-state index in [4.69, 9.17) is 4.74 Å². The smallest absolute Gasteiger partial charge is 0.335 e. The molecule has 0 aliphatic rings. The number of hydrogen-bond acceptors (Lipinski definition) is 5. The van der Waals surface area contributed by atoms with Crippen LogP contribution in [0.3, 0.4) is 0 Å². The van der Waals surface area contributed by atoms with Crippen LogP contribution in [0.1, 0.15) is 63.8 Å². The van der Waals surface area contributed by atoms with Gasteiger partial charge in [0.1, 0.15) is 15.8 Å². The molecule has 2 aromatic rings. The normalized spacial score (nSPS) is 11.2. The summed E-state index contributed by atoms with van der Waals surface area (Å²) in [5.74, 6) is 0.216. The van der Waals surface area contributed by atoms with E-state index in [0.717, 1.165) is 41.3 Å². The molecule has 0 saturated heterocycles. The molecule has 26 heavy (non-hydrogen) atoms. The fraction of sp³-hybridized carbons (Fsp3) is 0.476. The van der Waals surface area contributed by atoms with E-state index in [1.54, 1.807) is 23.5 Å². The highest BCUT2D eigenvalue weighted by Gasteiger charge is 2.07. The fourth-order valence-corrected chi connectivity index (χ4v) is 3.39. The summed E-state index contributed by atoms with van der Waals surface area (Å²) in [7, 11) is 0. The van der Waals surface area contributed by atoms with Crippen LogP contribution in [-0.4, -0.2) is 16.2 Å². The Morgan fingerprint density at radius 2 is 1.77 bits per heavy atom. The number of allylic oxidation sites excluding steroid dienone is 1. The first-order valence-electron chi connectivity index (χ1n) is 9.54. The molecular formula is C21H28N2O2S. The molecule has 0 spiro atoms. The summed E-state index contributed by atoms with van der Waals surface area (Å²) in [6, 6.07) is 7.44. The van der Waals surface area contributed by atoms with Gasteiger partial charge in [0.25, 0.3) is 0 Å². The van der Waals surface area contributed by atoms with Gasteiger partial charge >= 0.3 is 5.97 Å². The van der Waals surface area contributed by atoms with Crippen LogP contribution in [-0.2, 0) is 11.2 Å². The van der Waals surface area contributed by atoms with Crippen LogP contribution in [0.15, 0.2) is 36.4 Å². The number of carbonyl (C=O) groups is 1. The van der Waals surface area contributed by atoms with Gasteiger partial charge in [0.15, 0.2) is 0 Å². The first-order valence-corrected chi connectivity index (χ1v) is 10.4. The number of nitrogens with zero attached hydrogens (tertiary/aromatic N) is 2.